The number of rotatable bonds is 5. The van der Waals surface area contributed by atoms with Crippen molar-refractivity contribution in [3.63, 3.8) is 0 Å². The molecule has 154 valence electrons. The Morgan fingerprint density at radius 3 is 2.61 bits per heavy atom. The maximum Gasteiger partial charge on any atom is 0.234 e. The first-order chi connectivity index (χ1) is 15.1. The van der Waals surface area contributed by atoms with Gasteiger partial charge in [0.05, 0.1) is 24.1 Å². The molecule has 5 rings (SSSR count). The minimum absolute atomic E-state index is 0.154. The van der Waals surface area contributed by atoms with Crippen LogP contribution in [0.5, 0.6) is 5.75 Å². The predicted octanol–water partition coefficient (Wildman–Crippen LogP) is 5.58. The summed E-state index contributed by atoms with van der Waals surface area (Å²) in [7, 11) is 1.59. The summed E-state index contributed by atoms with van der Waals surface area (Å²) in [5.74, 6) is 1.32. The highest BCUT2D eigenvalue weighted by Crippen LogP contribution is 2.36. The molecule has 0 radical (unpaired) electrons. The van der Waals surface area contributed by atoms with E-state index in [0.29, 0.717) is 22.8 Å². The van der Waals surface area contributed by atoms with E-state index in [4.69, 9.17) is 9.15 Å². The number of furan rings is 1. The van der Waals surface area contributed by atoms with E-state index < -0.39 is 0 Å². The van der Waals surface area contributed by atoms with Gasteiger partial charge in [-0.25, -0.2) is 9.97 Å². The Bertz CT molecular complexity index is 1440. The molecule has 6 nitrogen and oxygen atoms in total. The Kier molecular flexibility index (Phi) is 4.95. The second-order valence-electron chi connectivity index (χ2n) is 7.08. The number of ether oxygens (including phenoxy) is 1. The fourth-order valence-corrected chi connectivity index (χ4v) is 4.47. The van der Waals surface area contributed by atoms with Crippen molar-refractivity contribution in [2.75, 3.05) is 18.2 Å². The molecule has 0 saturated carbocycles. The van der Waals surface area contributed by atoms with Gasteiger partial charge >= 0.3 is 0 Å². The van der Waals surface area contributed by atoms with Crippen LogP contribution < -0.4 is 10.1 Å². The van der Waals surface area contributed by atoms with Crippen LogP contribution in [0.1, 0.15) is 5.82 Å². The van der Waals surface area contributed by atoms with Crippen LogP contribution in [-0.4, -0.2) is 28.7 Å². The minimum Gasteiger partial charge on any atom is -0.495 e. The van der Waals surface area contributed by atoms with Crippen molar-refractivity contribution in [2.45, 2.75) is 11.9 Å². The lowest BCUT2D eigenvalue weighted by Gasteiger charge is -2.11. The standard InChI is InChI=1S/C24H19N3O3S/c1-14-25-18-9-5-3-8-16(18)24(26-14)31-13-23(28)27-19-12-21-17(11-22(19)29-2)15-7-4-6-10-20(15)30-21/h3-12H,13H2,1-2H3,(H,27,28). The Labute approximate surface area is 182 Å². The van der Waals surface area contributed by atoms with Crippen molar-refractivity contribution in [3.8, 4) is 5.75 Å². The smallest absolute Gasteiger partial charge is 0.234 e. The van der Waals surface area contributed by atoms with Gasteiger partial charge in [-0.05, 0) is 25.1 Å². The molecule has 5 aromatic rings. The number of para-hydroxylation sites is 2. The lowest BCUT2D eigenvalue weighted by Crippen LogP contribution is -2.15. The summed E-state index contributed by atoms with van der Waals surface area (Å²) in [6, 6.07) is 19.3. The summed E-state index contributed by atoms with van der Waals surface area (Å²) in [4.78, 5) is 21.7. The number of anilines is 1. The van der Waals surface area contributed by atoms with Gasteiger partial charge in [0.25, 0.3) is 0 Å². The number of aromatic nitrogens is 2. The van der Waals surface area contributed by atoms with E-state index in [1.54, 1.807) is 13.2 Å². The molecule has 7 heteroatoms. The van der Waals surface area contributed by atoms with Crippen molar-refractivity contribution >= 4 is 56.2 Å². The quantitative estimate of drug-likeness (QED) is 0.290. The van der Waals surface area contributed by atoms with Crippen LogP contribution in [0.4, 0.5) is 5.69 Å². The van der Waals surface area contributed by atoms with E-state index in [-0.39, 0.29) is 11.7 Å². The van der Waals surface area contributed by atoms with Crippen LogP contribution in [0.25, 0.3) is 32.8 Å². The van der Waals surface area contributed by atoms with E-state index in [2.05, 4.69) is 15.3 Å². The van der Waals surface area contributed by atoms with Gasteiger partial charge in [0.15, 0.2) is 0 Å². The van der Waals surface area contributed by atoms with Gasteiger partial charge in [0.2, 0.25) is 5.91 Å². The minimum atomic E-state index is -0.154. The number of thioether (sulfide) groups is 1. The zero-order valence-corrected chi connectivity index (χ0v) is 17.8. The highest BCUT2D eigenvalue weighted by Gasteiger charge is 2.15. The second kappa shape index (κ2) is 7.92. The molecule has 0 bridgehead atoms. The largest absolute Gasteiger partial charge is 0.495 e. The number of benzene rings is 3. The third-order valence-electron chi connectivity index (χ3n) is 4.99. The number of methoxy groups -OCH3 is 1. The number of hydrogen-bond acceptors (Lipinski definition) is 6. The van der Waals surface area contributed by atoms with Crippen LogP contribution >= 0.6 is 11.8 Å². The van der Waals surface area contributed by atoms with Crippen molar-refractivity contribution < 1.29 is 13.9 Å². The summed E-state index contributed by atoms with van der Waals surface area (Å²) in [6.45, 7) is 1.85. The fourth-order valence-electron chi connectivity index (χ4n) is 3.61. The van der Waals surface area contributed by atoms with Crippen molar-refractivity contribution in [1.82, 2.24) is 9.97 Å². The summed E-state index contributed by atoms with van der Waals surface area (Å²) in [6.07, 6.45) is 0. The summed E-state index contributed by atoms with van der Waals surface area (Å²) < 4.78 is 11.5. The van der Waals surface area contributed by atoms with E-state index in [1.165, 1.54) is 11.8 Å². The number of carbonyl (C=O) groups is 1. The molecule has 0 aliphatic carbocycles. The second-order valence-corrected chi connectivity index (χ2v) is 8.04. The molecule has 0 aliphatic rings. The van der Waals surface area contributed by atoms with Gasteiger partial charge in [0.1, 0.15) is 27.8 Å². The maximum atomic E-state index is 12.7. The zero-order chi connectivity index (χ0) is 21.4. The van der Waals surface area contributed by atoms with Crippen LogP contribution in [0.2, 0.25) is 0 Å². The van der Waals surface area contributed by atoms with Gasteiger partial charge in [-0.2, -0.15) is 0 Å². The number of amides is 1. The molecule has 31 heavy (non-hydrogen) atoms. The SMILES string of the molecule is COc1cc2c(cc1NC(=O)CSc1nc(C)nc3ccccc13)oc1ccccc12. The molecule has 1 N–H and O–H groups in total. The number of nitrogens with zero attached hydrogens (tertiary/aromatic N) is 2. The van der Waals surface area contributed by atoms with Crippen molar-refractivity contribution in [1.29, 1.82) is 0 Å². The molecule has 0 atom stereocenters. The molecule has 0 fully saturated rings. The van der Waals surface area contributed by atoms with E-state index in [1.807, 2.05) is 61.5 Å². The first-order valence-electron chi connectivity index (χ1n) is 9.77. The van der Waals surface area contributed by atoms with E-state index in [0.717, 1.165) is 32.3 Å². The number of hydrogen-bond donors (Lipinski definition) is 1. The average molecular weight is 430 g/mol. The molecule has 0 aliphatic heterocycles. The maximum absolute atomic E-state index is 12.7. The average Bonchev–Trinajstić information content (AvgIpc) is 3.14. The van der Waals surface area contributed by atoms with Crippen LogP contribution in [0.15, 0.2) is 70.1 Å². The van der Waals surface area contributed by atoms with Gasteiger partial charge in [-0.3, -0.25) is 4.79 Å². The Balaban J connectivity index is 1.40. The van der Waals surface area contributed by atoms with Crippen molar-refractivity contribution in [2.24, 2.45) is 0 Å². The van der Waals surface area contributed by atoms with E-state index >= 15 is 0 Å². The van der Waals surface area contributed by atoms with Crippen LogP contribution in [0.3, 0.4) is 0 Å². The van der Waals surface area contributed by atoms with Crippen LogP contribution in [0, 0.1) is 6.92 Å². The normalized spacial score (nSPS) is 11.3. The molecule has 2 aromatic heterocycles. The number of aryl methyl sites for hydroxylation is 1. The molecular formula is C24H19N3O3S. The van der Waals surface area contributed by atoms with Gasteiger partial charge in [-0.1, -0.05) is 48.2 Å². The van der Waals surface area contributed by atoms with Gasteiger partial charge < -0.3 is 14.5 Å². The Morgan fingerprint density at radius 1 is 1.00 bits per heavy atom. The topological polar surface area (TPSA) is 77.2 Å². The van der Waals surface area contributed by atoms with E-state index in [9.17, 15) is 4.79 Å². The molecule has 0 saturated heterocycles. The summed E-state index contributed by atoms with van der Waals surface area (Å²) in [5.41, 5.74) is 2.94. The molecule has 0 spiro atoms. The number of carbonyl (C=O) groups excluding carboxylic acids is 1. The third kappa shape index (κ3) is 3.68. The molecule has 0 unspecified atom stereocenters. The zero-order valence-electron chi connectivity index (χ0n) is 17.0. The molecule has 3 aromatic carbocycles. The fraction of sp³-hybridized carbons (Fsp3) is 0.125. The highest BCUT2D eigenvalue weighted by atomic mass is 32.2. The monoisotopic (exact) mass is 429 g/mol. The summed E-state index contributed by atoms with van der Waals surface area (Å²) >= 11 is 1.38. The number of nitrogens with one attached hydrogen (secondary N) is 1. The number of fused-ring (bicyclic) bond motifs is 4. The predicted molar refractivity (Wildman–Crippen MR) is 124 cm³/mol. The molecule has 1 amide bonds. The molecule has 2 heterocycles. The lowest BCUT2D eigenvalue weighted by molar-refractivity contribution is -0.113. The molecular weight excluding hydrogens is 410 g/mol. The van der Waals surface area contributed by atoms with Crippen molar-refractivity contribution in [3.05, 3.63) is 66.5 Å². The first-order valence-corrected chi connectivity index (χ1v) is 10.8. The Morgan fingerprint density at radius 2 is 1.77 bits per heavy atom. The van der Waals surface area contributed by atoms with Crippen LogP contribution in [-0.2, 0) is 4.79 Å². The van der Waals surface area contributed by atoms with Gasteiger partial charge in [0, 0.05) is 22.2 Å². The Hall–Kier alpha value is -3.58. The highest BCUT2D eigenvalue weighted by molar-refractivity contribution is 8.00. The third-order valence-corrected chi connectivity index (χ3v) is 5.98. The lowest BCUT2D eigenvalue weighted by atomic mass is 10.1. The van der Waals surface area contributed by atoms with Gasteiger partial charge in [-0.15, -0.1) is 0 Å². The summed E-state index contributed by atoms with van der Waals surface area (Å²) in [5, 5.41) is 6.63. The first kappa shape index (κ1) is 19.4.